The molecular formula is C10H14FNO3S. The Labute approximate surface area is 94.2 Å². The molecule has 0 fully saturated rings. The lowest BCUT2D eigenvalue weighted by Gasteiger charge is -2.08. The van der Waals surface area contributed by atoms with Crippen molar-refractivity contribution < 1.29 is 17.9 Å². The number of sulfonamides is 1. The molecule has 0 aliphatic rings. The van der Waals surface area contributed by atoms with E-state index in [1.165, 1.54) is 6.07 Å². The van der Waals surface area contributed by atoms with Crippen LogP contribution in [0.2, 0.25) is 0 Å². The van der Waals surface area contributed by atoms with Crippen LogP contribution in [0.25, 0.3) is 0 Å². The molecule has 90 valence electrons. The van der Waals surface area contributed by atoms with Gasteiger partial charge in [0.25, 0.3) is 0 Å². The highest BCUT2D eigenvalue weighted by atomic mass is 32.2. The SMILES string of the molecule is CCCCS(=O)(=O)Nc1ccc(F)cc1O. The Bertz CT molecular complexity index is 459. The number of nitrogens with one attached hydrogen (secondary N) is 1. The molecule has 0 aliphatic carbocycles. The number of unbranched alkanes of at least 4 members (excludes halogenated alkanes) is 1. The average molecular weight is 247 g/mol. The second-order valence-electron chi connectivity index (χ2n) is 3.44. The smallest absolute Gasteiger partial charge is 0.232 e. The fraction of sp³-hybridized carbons (Fsp3) is 0.400. The van der Waals surface area contributed by atoms with Crippen molar-refractivity contribution in [1.82, 2.24) is 0 Å². The molecule has 0 spiro atoms. The topological polar surface area (TPSA) is 66.4 Å². The van der Waals surface area contributed by atoms with E-state index < -0.39 is 21.6 Å². The van der Waals surface area contributed by atoms with Crippen LogP contribution in [-0.4, -0.2) is 19.3 Å². The zero-order valence-electron chi connectivity index (χ0n) is 8.90. The molecule has 0 bridgehead atoms. The van der Waals surface area contributed by atoms with Crippen molar-refractivity contribution in [2.45, 2.75) is 19.8 Å². The van der Waals surface area contributed by atoms with Gasteiger partial charge >= 0.3 is 0 Å². The summed E-state index contributed by atoms with van der Waals surface area (Å²) in [6, 6.07) is 3.13. The van der Waals surface area contributed by atoms with Crippen molar-refractivity contribution in [2.24, 2.45) is 0 Å². The maximum atomic E-state index is 12.6. The van der Waals surface area contributed by atoms with Gasteiger partial charge in [-0.1, -0.05) is 13.3 Å². The normalized spacial score (nSPS) is 11.4. The first kappa shape index (κ1) is 12.8. The van der Waals surface area contributed by atoms with Gasteiger partial charge in [-0.25, -0.2) is 12.8 Å². The van der Waals surface area contributed by atoms with Gasteiger partial charge in [0.15, 0.2) is 0 Å². The summed E-state index contributed by atoms with van der Waals surface area (Å²) in [5.41, 5.74) is -0.00231. The highest BCUT2D eigenvalue weighted by Crippen LogP contribution is 2.24. The van der Waals surface area contributed by atoms with E-state index in [-0.39, 0.29) is 11.4 Å². The second-order valence-corrected chi connectivity index (χ2v) is 5.28. The van der Waals surface area contributed by atoms with Crippen molar-refractivity contribution >= 4 is 15.7 Å². The third-order valence-corrected chi connectivity index (χ3v) is 3.35. The molecule has 4 nitrogen and oxygen atoms in total. The van der Waals surface area contributed by atoms with Crippen molar-refractivity contribution in [1.29, 1.82) is 0 Å². The Balaban J connectivity index is 2.80. The summed E-state index contributed by atoms with van der Waals surface area (Å²) in [4.78, 5) is 0. The zero-order chi connectivity index (χ0) is 12.2. The Morgan fingerprint density at radius 1 is 1.44 bits per heavy atom. The molecule has 6 heteroatoms. The molecule has 0 aromatic heterocycles. The maximum Gasteiger partial charge on any atom is 0.232 e. The average Bonchev–Trinajstić information content (AvgIpc) is 2.19. The minimum absolute atomic E-state index is 0.00231. The number of benzene rings is 1. The molecule has 1 rings (SSSR count). The van der Waals surface area contributed by atoms with Crippen molar-refractivity contribution in [2.75, 3.05) is 10.5 Å². The molecule has 0 amide bonds. The van der Waals surface area contributed by atoms with Crippen LogP contribution in [0.1, 0.15) is 19.8 Å². The molecule has 0 saturated carbocycles. The molecule has 0 atom stereocenters. The summed E-state index contributed by atoms with van der Waals surface area (Å²) in [5, 5.41) is 9.31. The lowest BCUT2D eigenvalue weighted by atomic mass is 10.3. The Morgan fingerprint density at radius 2 is 2.12 bits per heavy atom. The van der Waals surface area contributed by atoms with Crippen molar-refractivity contribution in [3.05, 3.63) is 24.0 Å². The summed E-state index contributed by atoms with van der Waals surface area (Å²) in [6.45, 7) is 1.88. The largest absolute Gasteiger partial charge is 0.506 e. The third-order valence-electron chi connectivity index (χ3n) is 1.99. The van der Waals surface area contributed by atoms with Crippen LogP contribution in [0.15, 0.2) is 18.2 Å². The molecule has 16 heavy (non-hydrogen) atoms. The van der Waals surface area contributed by atoms with Gasteiger partial charge in [0.2, 0.25) is 10.0 Å². The van der Waals surface area contributed by atoms with Gasteiger partial charge in [0.05, 0.1) is 11.4 Å². The van der Waals surface area contributed by atoms with Gasteiger partial charge in [0, 0.05) is 6.07 Å². The summed E-state index contributed by atoms with van der Waals surface area (Å²) >= 11 is 0. The lowest BCUT2D eigenvalue weighted by Crippen LogP contribution is -2.16. The zero-order valence-corrected chi connectivity index (χ0v) is 9.72. The first-order valence-electron chi connectivity index (χ1n) is 4.93. The number of phenolic OH excluding ortho intramolecular Hbond substituents is 1. The van der Waals surface area contributed by atoms with Gasteiger partial charge in [-0.2, -0.15) is 0 Å². The Morgan fingerprint density at radius 3 is 2.69 bits per heavy atom. The number of phenols is 1. The van der Waals surface area contributed by atoms with Gasteiger partial charge < -0.3 is 5.11 Å². The van der Waals surface area contributed by atoms with E-state index >= 15 is 0 Å². The monoisotopic (exact) mass is 247 g/mol. The Hall–Kier alpha value is -1.30. The molecule has 0 heterocycles. The molecule has 1 aromatic carbocycles. The van der Waals surface area contributed by atoms with Gasteiger partial charge in [-0.15, -0.1) is 0 Å². The number of anilines is 1. The molecule has 0 saturated heterocycles. The highest BCUT2D eigenvalue weighted by molar-refractivity contribution is 7.92. The van der Waals surface area contributed by atoms with Crippen LogP contribution < -0.4 is 4.72 Å². The van der Waals surface area contributed by atoms with E-state index in [0.717, 1.165) is 18.6 Å². The second kappa shape index (κ2) is 5.16. The van der Waals surface area contributed by atoms with Crippen molar-refractivity contribution in [3.8, 4) is 5.75 Å². The number of aromatic hydroxyl groups is 1. The van der Waals surface area contributed by atoms with E-state index in [4.69, 9.17) is 0 Å². The van der Waals surface area contributed by atoms with E-state index in [1.807, 2.05) is 6.92 Å². The Kier molecular flexibility index (Phi) is 4.12. The number of hydrogen-bond donors (Lipinski definition) is 2. The fourth-order valence-electron chi connectivity index (χ4n) is 1.14. The first-order valence-corrected chi connectivity index (χ1v) is 6.59. The van der Waals surface area contributed by atoms with E-state index in [0.29, 0.717) is 6.42 Å². The van der Waals surface area contributed by atoms with Crippen LogP contribution >= 0.6 is 0 Å². The van der Waals surface area contributed by atoms with Crippen LogP contribution in [0.5, 0.6) is 5.75 Å². The van der Waals surface area contributed by atoms with E-state index in [2.05, 4.69) is 4.72 Å². The standard InChI is InChI=1S/C10H14FNO3S/c1-2-3-6-16(14,15)12-9-5-4-8(11)7-10(9)13/h4-5,7,12-13H,2-3,6H2,1H3. The minimum Gasteiger partial charge on any atom is -0.506 e. The molecule has 0 unspecified atom stereocenters. The van der Waals surface area contributed by atoms with E-state index in [1.54, 1.807) is 0 Å². The lowest BCUT2D eigenvalue weighted by molar-refractivity contribution is 0.471. The predicted octanol–water partition coefficient (Wildman–Crippen LogP) is 2.07. The van der Waals surface area contributed by atoms with E-state index in [9.17, 15) is 17.9 Å². The third kappa shape index (κ3) is 3.69. The minimum atomic E-state index is -3.46. The fourth-order valence-corrected chi connectivity index (χ4v) is 2.42. The summed E-state index contributed by atoms with van der Waals surface area (Å²) < 4.78 is 37.8. The number of rotatable bonds is 5. The predicted molar refractivity (Wildman–Crippen MR) is 60.4 cm³/mol. The highest BCUT2D eigenvalue weighted by Gasteiger charge is 2.12. The van der Waals surface area contributed by atoms with Crippen LogP contribution in [-0.2, 0) is 10.0 Å². The van der Waals surface area contributed by atoms with Crippen LogP contribution in [0.3, 0.4) is 0 Å². The molecular weight excluding hydrogens is 233 g/mol. The van der Waals surface area contributed by atoms with Crippen molar-refractivity contribution in [3.63, 3.8) is 0 Å². The quantitative estimate of drug-likeness (QED) is 0.783. The molecule has 0 radical (unpaired) electrons. The number of hydrogen-bond acceptors (Lipinski definition) is 3. The van der Waals surface area contributed by atoms with Gasteiger partial charge in [-0.05, 0) is 18.6 Å². The van der Waals surface area contributed by atoms with Crippen LogP contribution in [0.4, 0.5) is 10.1 Å². The molecule has 0 aliphatic heterocycles. The molecule has 2 N–H and O–H groups in total. The van der Waals surface area contributed by atoms with Gasteiger partial charge in [-0.3, -0.25) is 4.72 Å². The summed E-state index contributed by atoms with van der Waals surface area (Å²) in [7, 11) is -3.46. The summed E-state index contributed by atoms with van der Waals surface area (Å²) in [6.07, 6.45) is 1.30. The van der Waals surface area contributed by atoms with Gasteiger partial charge in [0.1, 0.15) is 11.6 Å². The summed E-state index contributed by atoms with van der Waals surface area (Å²) in [5.74, 6) is -1.05. The maximum absolute atomic E-state index is 12.6. The molecule has 1 aromatic rings. The van der Waals surface area contributed by atoms with Crippen LogP contribution in [0, 0.1) is 5.82 Å². The first-order chi connectivity index (χ1) is 7.44. The number of halogens is 1.